The number of aromatic nitrogens is 2. The lowest BCUT2D eigenvalue weighted by molar-refractivity contribution is 0.1000. The molecule has 144 valence electrons. The molecule has 1 aliphatic heterocycles. The maximum atomic E-state index is 11.6. The van der Waals surface area contributed by atoms with Crippen molar-refractivity contribution in [3.05, 3.63) is 40.9 Å². The van der Waals surface area contributed by atoms with Crippen LogP contribution in [0.2, 0.25) is 5.02 Å². The summed E-state index contributed by atoms with van der Waals surface area (Å²) in [5, 5.41) is 22.9. The van der Waals surface area contributed by atoms with Crippen LogP contribution < -0.4 is 0 Å². The van der Waals surface area contributed by atoms with Crippen molar-refractivity contribution >= 4 is 23.3 Å². The molecule has 1 unspecified atom stereocenters. The topological polar surface area (TPSA) is 99.7 Å². The molecule has 0 saturated heterocycles. The molecule has 3 heterocycles. The molecule has 8 heteroatoms. The van der Waals surface area contributed by atoms with Crippen LogP contribution in [0.4, 0.5) is 4.79 Å². The summed E-state index contributed by atoms with van der Waals surface area (Å²) in [7, 11) is 0. The van der Waals surface area contributed by atoms with Gasteiger partial charge in [-0.25, -0.2) is 4.79 Å². The second-order valence-electron chi connectivity index (χ2n) is 7.62. The summed E-state index contributed by atoms with van der Waals surface area (Å²) in [6, 6.07) is 3.12. The Morgan fingerprint density at radius 2 is 2.15 bits per heavy atom. The van der Waals surface area contributed by atoms with Crippen LogP contribution >= 0.6 is 11.6 Å². The molecular weight excluding hydrogens is 370 g/mol. The maximum Gasteiger partial charge on any atom is 0.407 e. The molecule has 0 aliphatic carbocycles. The highest BCUT2D eigenvalue weighted by atomic mass is 35.5. The van der Waals surface area contributed by atoms with Gasteiger partial charge in [0, 0.05) is 24.4 Å². The van der Waals surface area contributed by atoms with Crippen LogP contribution in [0.25, 0.3) is 16.8 Å². The first-order valence-electron chi connectivity index (χ1n) is 8.63. The van der Waals surface area contributed by atoms with Gasteiger partial charge in [0.15, 0.2) is 5.76 Å². The minimum absolute atomic E-state index is 0.229. The van der Waals surface area contributed by atoms with Gasteiger partial charge in [-0.2, -0.15) is 0 Å². The molecule has 0 radical (unpaired) electrons. The zero-order valence-electron chi connectivity index (χ0n) is 15.4. The Kier molecular flexibility index (Phi) is 5.26. The van der Waals surface area contributed by atoms with Crippen LogP contribution in [-0.4, -0.2) is 43.9 Å². The van der Waals surface area contributed by atoms with E-state index in [0.717, 1.165) is 5.57 Å². The number of carboxylic acid groups (broad SMARTS) is 1. The van der Waals surface area contributed by atoms with E-state index in [9.17, 15) is 9.90 Å². The minimum Gasteiger partial charge on any atom is -0.465 e. The van der Waals surface area contributed by atoms with E-state index in [1.165, 1.54) is 4.90 Å². The van der Waals surface area contributed by atoms with Crippen LogP contribution in [0.3, 0.4) is 0 Å². The third kappa shape index (κ3) is 3.99. The molecule has 0 spiro atoms. The monoisotopic (exact) mass is 391 g/mol. The molecule has 0 bridgehead atoms. The van der Waals surface area contributed by atoms with E-state index in [4.69, 9.17) is 21.2 Å². The summed E-state index contributed by atoms with van der Waals surface area (Å²) >= 11 is 6.47. The average Bonchev–Trinajstić information content (AvgIpc) is 3.09. The van der Waals surface area contributed by atoms with Gasteiger partial charge in [-0.15, -0.1) is 0 Å². The third-order valence-corrected chi connectivity index (χ3v) is 4.89. The van der Waals surface area contributed by atoms with Crippen molar-refractivity contribution in [3.63, 3.8) is 0 Å². The summed E-state index contributed by atoms with van der Waals surface area (Å²) in [6.07, 6.45) is 3.22. The van der Waals surface area contributed by atoms with Gasteiger partial charge in [-0.3, -0.25) is 4.98 Å². The van der Waals surface area contributed by atoms with Crippen molar-refractivity contribution in [2.45, 2.75) is 39.8 Å². The fraction of sp³-hybridized carbons (Fsp3) is 0.421. The minimum atomic E-state index is -0.926. The molecule has 0 saturated carbocycles. The molecule has 3 rings (SSSR count). The second-order valence-corrected chi connectivity index (χ2v) is 8.03. The number of aliphatic hydroxyl groups excluding tert-OH is 1. The molecule has 2 aromatic rings. The fourth-order valence-corrected chi connectivity index (χ4v) is 3.50. The molecule has 2 aromatic heterocycles. The van der Waals surface area contributed by atoms with Gasteiger partial charge in [-0.1, -0.05) is 43.6 Å². The normalized spacial score (nSPS) is 17.7. The largest absolute Gasteiger partial charge is 0.465 e. The molecule has 1 aliphatic rings. The van der Waals surface area contributed by atoms with Gasteiger partial charge >= 0.3 is 6.09 Å². The predicted octanol–water partition coefficient (Wildman–Crippen LogP) is 4.06. The highest BCUT2D eigenvalue weighted by Gasteiger charge is 2.35. The summed E-state index contributed by atoms with van der Waals surface area (Å²) in [5.74, 6) is 0.363. The number of aliphatic hydroxyl groups is 1. The Morgan fingerprint density at radius 3 is 2.70 bits per heavy atom. The van der Waals surface area contributed by atoms with Crippen LogP contribution in [0, 0.1) is 5.41 Å². The van der Waals surface area contributed by atoms with Crippen LogP contribution in [0.15, 0.2) is 28.9 Å². The zero-order chi connectivity index (χ0) is 19.8. The molecule has 7 nitrogen and oxygen atoms in total. The Balaban J connectivity index is 1.95. The van der Waals surface area contributed by atoms with E-state index < -0.39 is 6.09 Å². The van der Waals surface area contributed by atoms with Gasteiger partial charge in [0.25, 0.3) is 0 Å². The van der Waals surface area contributed by atoms with E-state index in [1.807, 2.05) is 26.8 Å². The first-order valence-corrected chi connectivity index (χ1v) is 9.01. The Labute approximate surface area is 162 Å². The second kappa shape index (κ2) is 7.32. The lowest BCUT2D eigenvalue weighted by atomic mass is 9.82. The van der Waals surface area contributed by atoms with Gasteiger partial charge < -0.3 is 19.6 Å². The van der Waals surface area contributed by atoms with Gasteiger partial charge in [0.2, 0.25) is 0 Å². The Bertz CT molecular complexity index is 885. The number of hydrogen-bond donors (Lipinski definition) is 2. The van der Waals surface area contributed by atoms with E-state index >= 15 is 0 Å². The number of pyridine rings is 1. The van der Waals surface area contributed by atoms with Crippen LogP contribution in [0.1, 0.15) is 38.6 Å². The maximum absolute atomic E-state index is 11.6. The first-order chi connectivity index (χ1) is 12.7. The smallest absolute Gasteiger partial charge is 0.407 e. The number of nitrogens with zero attached hydrogens (tertiary/aromatic N) is 3. The first kappa shape index (κ1) is 19.4. The third-order valence-electron chi connectivity index (χ3n) is 4.61. The predicted molar refractivity (Wildman–Crippen MR) is 101 cm³/mol. The molecule has 0 fully saturated rings. The van der Waals surface area contributed by atoms with Crippen LogP contribution in [0.5, 0.6) is 0 Å². The molecular formula is C19H22ClN3O4. The SMILES string of the molecule is CC(C)(C)C1C=C(c2ncc(-c3cc(CO)on3)cc2Cl)CCN1C(=O)O. The Hall–Kier alpha value is -2.38. The highest BCUT2D eigenvalue weighted by molar-refractivity contribution is 6.32. The fourth-order valence-electron chi connectivity index (χ4n) is 3.21. The summed E-state index contributed by atoms with van der Waals surface area (Å²) < 4.78 is 5.00. The summed E-state index contributed by atoms with van der Waals surface area (Å²) in [5.41, 5.74) is 2.55. The van der Waals surface area contributed by atoms with E-state index in [-0.39, 0.29) is 18.1 Å². The zero-order valence-corrected chi connectivity index (χ0v) is 16.2. The van der Waals surface area contributed by atoms with Gasteiger partial charge in [-0.05, 0) is 23.5 Å². The van der Waals surface area contributed by atoms with Crippen molar-refractivity contribution in [1.29, 1.82) is 0 Å². The van der Waals surface area contributed by atoms with Crippen molar-refractivity contribution < 1.29 is 19.5 Å². The van der Waals surface area contributed by atoms with Gasteiger partial charge in [0.1, 0.15) is 12.3 Å². The number of carbonyl (C=O) groups is 1. The van der Waals surface area contributed by atoms with Crippen LogP contribution in [-0.2, 0) is 6.61 Å². The standard InChI is InChI=1S/C19H22ClN3O4/c1-19(2,3)16-7-11(4-5-23(16)18(25)26)17-14(20)6-12(9-21-17)15-8-13(10-24)27-22-15/h6-9,16,24H,4-5,10H2,1-3H3,(H,25,26). The Morgan fingerprint density at radius 1 is 1.41 bits per heavy atom. The number of rotatable bonds is 3. The van der Waals surface area contributed by atoms with Crippen molar-refractivity contribution in [2.24, 2.45) is 5.41 Å². The lowest BCUT2D eigenvalue weighted by Gasteiger charge is -2.40. The lowest BCUT2D eigenvalue weighted by Crippen LogP contribution is -2.48. The quantitative estimate of drug-likeness (QED) is 0.818. The average molecular weight is 392 g/mol. The number of halogens is 1. The molecule has 1 amide bonds. The summed E-state index contributed by atoms with van der Waals surface area (Å²) in [4.78, 5) is 17.5. The van der Waals surface area contributed by atoms with Crippen molar-refractivity contribution in [3.8, 4) is 11.3 Å². The highest BCUT2D eigenvalue weighted by Crippen LogP contribution is 2.36. The van der Waals surface area contributed by atoms with E-state index in [0.29, 0.717) is 40.7 Å². The summed E-state index contributed by atoms with van der Waals surface area (Å²) in [6.45, 7) is 6.19. The molecule has 2 N–H and O–H groups in total. The number of amides is 1. The molecule has 0 aromatic carbocycles. The van der Waals surface area contributed by atoms with E-state index in [2.05, 4.69) is 10.1 Å². The van der Waals surface area contributed by atoms with Gasteiger partial charge in [0.05, 0.1) is 16.8 Å². The van der Waals surface area contributed by atoms with E-state index in [1.54, 1.807) is 18.3 Å². The molecule has 27 heavy (non-hydrogen) atoms. The van der Waals surface area contributed by atoms with Crippen molar-refractivity contribution in [1.82, 2.24) is 15.0 Å². The van der Waals surface area contributed by atoms with Crippen molar-refractivity contribution in [2.75, 3.05) is 6.54 Å². The molecule has 1 atom stereocenters. The number of hydrogen-bond acceptors (Lipinski definition) is 5.